The first-order chi connectivity index (χ1) is 11.8. The van der Waals surface area contributed by atoms with Gasteiger partial charge in [0.15, 0.2) is 0 Å². The summed E-state index contributed by atoms with van der Waals surface area (Å²) in [6, 6.07) is 7.82. The van der Waals surface area contributed by atoms with Crippen molar-refractivity contribution in [2.24, 2.45) is 0 Å². The Morgan fingerprint density at radius 1 is 1.17 bits per heavy atom. The van der Waals surface area contributed by atoms with E-state index >= 15 is 0 Å². The second-order valence-electron chi connectivity index (χ2n) is 6.13. The van der Waals surface area contributed by atoms with E-state index in [1.165, 1.54) is 0 Å². The Morgan fingerprint density at radius 3 is 2.75 bits per heavy atom. The lowest BCUT2D eigenvalue weighted by Gasteiger charge is -2.25. The zero-order valence-corrected chi connectivity index (χ0v) is 13.8. The van der Waals surface area contributed by atoms with Crippen LogP contribution in [-0.2, 0) is 22.5 Å². The maximum atomic E-state index is 12.7. The van der Waals surface area contributed by atoms with Crippen LogP contribution in [0.25, 0.3) is 0 Å². The van der Waals surface area contributed by atoms with Crippen molar-refractivity contribution in [3.05, 3.63) is 60.2 Å². The molecule has 24 heavy (non-hydrogen) atoms. The third-order valence-corrected chi connectivity index (χ3v) is 4.27. The molecule has 1 unspecified atom stereocenters. The Balaban J connectivity index is 1.62. The third kappa shape index (κ3) is 4.86. The molecule has 3 heterocycles. The molecule has 126 valence electrons. The van der Waals surface area contributed by atoms with Crippen LogP contribution in [0.1, 0.15) is 30.4 Å². The van der Waals surface area contributed by atoms with Crippen molar-refractivity contribution in [1.82, 2.24) is 14.9 Å². The number of hydrogen-bond donors (Lipinski definition) is 0. The molecule has 0 radical (unpaired) electrons. The fraction of sp³-hybridized carbons (Fsp3) is 0.421. The number of rotatable bonds is 7. The van der Waals surface area contributed by atoms with Gasteiger partial charge < -0.3 is 9.64 Å². The van der Waals surface area contributed by atoms with Gasteiger partial charge in [-0.05, 0) is 48.6 Å². The predicted octanol–water partition coefficient (Wildman–Crippen LogP) is 2.62. The molecule has 1 aliphatic rings. The number of amides is 1. The van der Waals surface area contributed by atoms with Crippen molar-refractivity contribution in [2.45, 2.75) is 38.3 Å². The van der Waals surface area contributed by atoms with Gasteiger partial charge in [0, 0.05) is 50.9 Å². The highest BCUT2D eigenvalue weighted by Crippen LogP contribution is 2.16. The van der Waals surface area contributed by atoms with E-state index in [2.05, 4.69) is 9.97 Å². The van der Waals surface area contributed by atoms with E-state index in [0.717, 1.165) is 30.6 Å². The topological polar surface area (TPSA) is 55.3 Å². The Bertz CT molecular complexity index is 628. The van der Waals surface area contributed by atoms with E-state index in [-0.39, 0.29) is 12.0 Å². The maximum Gasteiger partial charge on any atom is 0.223 e. The molecule has 1 fully saturated rings. The summed E-state index contributed by atoms with van der Waals surface area (Å²) in [4.78, 5) is 22.8. The van der Waals surface area contributed by atoms with Crippen molar-refractivity contribution in [3.63, 3.8) is 0 Å². The van der Waals surface area contributed by atoms with E-state index < -0.39 is 0 Å². The van der Waals surface area contributed by atoms with Crippen LogP contribution in [0.3, 0.4) is 0 Å². The molecular formula is C19H23N3O2. The monoisotopic (exact) mass is 325 g/mol. The summed E-state index contributed by atoms with van der Waals surface area (Å²) >= 11 is 0. The third-order valence-electron chi connectivity index (χ3n) is 4.27. The van der Waals surface area contributed by atoms with Crippen LogP contribution in [0.2, 0.25) is 0 Å². The van der Waals surface area contributed by atoms with E-state index in [4.69, 9.17) is 4.74 Å². The van der Waals surface area contributed by atoms with Crippen LogP contribution < -0.4 is 0 Å². The van der Waals surface area contributed by atoms with Gasteiger partial charge >= 0.3 is 0 Å². The largest absolute Gasteiger partial charge is 0.376 e. The lowest BCUT2D eigenvalue weighted by Crippen LogP contribution is -2.37. The molecule has 0 bridgehead atoms. The lowest BCUT2D eigenvalue weighted by atomic mass is 10.1. The molecule has 0 N–H and O–H groups in total. The number of pyridine rings is 2. The van der Waals surface area contributed by atoms with Crippen molar-refractivity contribution >= 4 is 5.91 Å². The van der Waals surface area contributed by atoms with Crippen LogP contribution in [0.5, 0.6) is 0 Å². The maximum absolute atomic E-state index is 12.7. The number of aryl methyl sites for hydroxylation is 1. The molecule has 5 nitrogen and oxygen atoms in total. The molecule has 0 saturated carbocycles. The molecule has 1 saturated heterocycles. The first kappa shape index (κ1) is 16.6. The van der Waals surface area contributed by atoms with Crippen LogP contribution in [0, 0.1) is 0 Å². The summed E-state index contributed by atoms with van der Waals surface area (Å²) in [5, 5.41) is 0. The van der Waals surface area contributed by atoms with E-state index in [0.29, 0.717) is 25.9 Å². The first-order valence-corrected chi connectivity index (χ1v) is 8.48. The molecule has 0 spiro atoms. The van der Waals surface area contributed by atoms with E-state index in [9.17, 15) is 4.79 Å². The summed E-state index contributed by atoms with van der Waals surface area (Å²) in [7, 11) is 0. The smallest absolute Gasteiger partial charge is 0.223 e. The van der Waals surface area contributed by atoms with Gasteiger partial charge in [0.25, 0.3) is 0 Å². The fourth-order valence-corrected chi connectivity index (χ4v) is 2.95. The molecule has 0 aliphatic carbocycles. The Morgan fingerprint density at radius 2 is 2.04 bits per heavy atom. The zero-order valence-electron chi connectivity index (χ0n) is 13.8. The minimum absolute atomic E-state index is 0.158. The van der Waals surface area contributed by atoms with Crippen LogP contribution >= 0.6 is 0 Å². The number of ether oxygens (including phenoxy) is 1. The molecule has 0 aromatic carbocycles. The predicted molar refractivity (Wildman–Crippen MR) is 91.2 cm³/mol. The van der Waals surface area contributed by atoms with E-state index in [1.807, 2.05) is 35.4 Å². The number of nitrogens with zero attached hydrogens (tertiary/aromatic N) is 3. The van der Waals surface area contributed by atoms with Crippen LogP contribution in [-0.4, -0.2) is 40.0 Å². The van der Waals surface area contributed by atoms with Gasteiger partial charge in [-0.2, -0.15) is 0 Å². The zero-order chi connectivity index (χ0) is 16.6. The van der Waals surface area contributed by atoms with Gasteiger partial charge in [-0.3, -0.25) is 14.8 Å². The Kier molecular flexibility index (Phi) is 5.90. The van der Waals surface area contributed by atoms with Gasteiger partial charge in [-0.1, -0.05) is 6.07 Å². The molecule has 1 amide bonds. The van der Waals surface area contributed by atoms with Gasteiger partial charge in [0.1, 0.15) is 0 Å². The standard InChI is InChI=1S/C19H23N3O2/c23-19(6-5-16-3-1-9-21-13-16)22(15-18-4-2-12-24-18)14-17-7-10-20-11-8-17/h1,3,7-11,13,18H,2,4-6,12,14-15H2. The number of hydrogen-bond acceptors (Lipinski definition) is 4. The highest BCUT2D eigenvalue weighted by molar-refractivity contribution is 5.76. The second-order valence-corrected chi connectivity index (χ2v) is 6.13. The lowest BCUT2D eigenvalue weighted by molar-refractivity contribution is -0.133. The van der Waals surface area contributed by atoms with Gasteiger partial charge in [-0.25, -0.2) is 0 Å². The number of carbonyl (C=O) groups is 1. The van der Waals surface area contributed by atoms with Gasteiger partial charge in [0.2, 0.25) is 5.91 Å². The summed E-state index contributed by atoms with van der Waals surface area (Å²) in [6.07, 6.45) is 10.6. The Hall–Kier alpha value is -2.27. The van der Waals surface area contributed by atoms with Crippen molar-refractivity contribution < 1.29 is 9.53 Å². The van der Waals surface area contributed by atoms with Crippen molar-refractivity contribution in [1.29, 1.82) is 0 Å². The van der Waals surface area contributed by atoms with Crippen molar-refractivity contribution in [3.8, 4) is 0 Å². The minimum atomic E-state index is 0.158. The summed E-state index contributed by atoms with van der Waals surface area (Å²) in [5.41, 5.74) is 2.18. The number of carbonyl (C=O) groups excluding carboxylic acids is 1. The average molecular weight is 325 g/mol. The van der Waals surface area contributed by atoms with Crippen molar-refractivity contribution in [2.75, 3.05) is 13.2 Å². The summed E-state index contributed by atoms with van der Waals surface area (Å²) in [6.45, 7) is 2.07. The van der Waals surface area contributed by atoms with Crippen LogP contribution in [0.15, 0.2) is 49.1 Å². The fourth-order valence-electron chi connectivity index (χ4n) is 2.95. The normalized spacial score (nSPS) is 16.9. The molecule has 1 aliphatic heterocycles. The second kappa shape index (κ2) is 8.55. The number of aromatic nitrogens is 2. The minimum Gasteiger partial charge on any atom is -0.376 e. The van der Waals surface area contributed by atoms with E-state index in [1.54, 1.807) is 18.6 Å². The quantitative estimate of drug-likeness (QED) is 0.785. The average Bonchev–Trinajstić information content (AvgIpc) is 3.14. The molecule has 5 heteroatoms. The highest BCUT2D eigenvalue weighted by Gasteiger charge is 2.22. The molecule has 2 aromatic rings. The highest BCUT2D eigenvalue weighted by atomic mass is 16.5. The Labute approximate surface area is 142 Å². The molecular weight excluding hydrogens is 302 g/mol. The van der Waals surface area contributed by atoms with Crippen LogP contribution in [0.4, 0.5) is 0 Å². The summed E-state index contributed by atoms with van der Waals surface area (Å²) < 4.78 is 5.72. The molecule has 2 aromatic heterocycles. The summed E-state index contributed by atoms with van der Waals surface area (Å²) in [5.74, 6) is 0.158. The van der Waals surface area contributed by atoms with Gasteiger partial charge in [0.05, 0.1) is 6.10 Å². The molecule has 3 rings (SSSR count). The first-order valence-electron chi connectivity index (χ1n) is 8.48. The SMILES string of the molecule is O=C(CCc1cccnc1)N(Cc1ccncc1)CC1CCCO1. The van der Waals surface area contributed by atoms with Gasteiger partial charge in [-0.15, -0.1) is 0 Å². The molecule has 1 atom stereocenters.